The normalized spacial score (nSPS) is 15.4. The average Bonchev–Trinajstić information content (AvgIpc) is 3.63. The molecule has 5 rings (SSSR count). The molecule has 39 heavy (non-hydrogen) atoms. The Morgan fingerprint density at radius 2 is 1.82 bits per heavy atom. The van der Waals surface area contributed by atoms with Crippen LogP contribution in [0.15, 0.2) is 53.9 Å². The van der Waals surface area contributed by atoms with Crippen molar-refractivity contribution in [1.29, 1.82) is 0 Å². The van der Waals surface area contributed by atoms with E-state index in [4.69, 9.17) is 14.2 Å². The molecule has 3 aromatic rings. The molecule has 2 aromatic carbocycles. The zero-order valence-corrected chi connectivity index (χ0v) is 22.9. The van der Waals surface area contributed by atoms with Gasteiger partial charge < -0.3 is 19.5 Å². The van der Waals surface area contributed by atoms with Crippen molar-refractivity contribution in [2.75, 3.05) is 18.8 Å². The highest BCUT2D eigenvalue weighted by Gasteiger charge is 2.37. The molecule has 8 nitrogen and oxygen atoms in total. The third-order valence-electron chi connectivity index (χ3n) is 7.17. The number of carbonyl (C=O) groups is 3. The molecule has 1 N–H and O–H groups in total. The van der Waals surface area contributed by atoms with E-state index in [1.165, 1.54) is 23.2 Å². The van der Waals surface area contributed by atoms with Crippen molar-refractivity contribution >= 4 is 34.6 Å². The summed E-state index contributed by atoms with van der Waals surface area (Å²) in [6.07, 6.45) is 5.10. The summed E-state index contributed by atoms with van der Waals surface area (Å²) in [6.45, 7) is 1.45. The molecule has 0 unspecified atom stereocenters. The van der Waals surface area contributed by atoms with Crippen LogP contribution in [0, 0.1) is 0 Å². The zero-order chi connectivity index (χ0) is 27.4. The molecule has 1 fully saturated rings. The van der Waals surface area contributed by atoms with Crippen LogP contribution in [0.2, 0.25) is 0 Å². The van der Waals surface area contributed by atoms with E-state index in [1.54, 1.807) is 43.5 Å². The summed E-state index contributed by atoms with van der Waals surface area (Å²) in [5.41, 5.74) is 1.16. The Hall–Kier alpha value is -3.85. The van der Waals surface area contributed by atoms with Crippen molar-refractivity contribution in [2.24, 2.45) is 0 Å². The lowest BCUT2D eigenvalue weighted by Gasteiger charge is -2.34. The van der Waals surface area contributed by atoms with Crippen molar-refractivity contribution in [3.8, 4) is 17.2 Å². The quantitative estimate of drug-likeness (QED) is 0.357. The summed E-state index contributed by atoms with van der Waals surface area (Å²) in [7, 11) is 1.56. The molecule has 1 saturated carbocycles. The lowest BCUT2D eigenvalue weighted by molar-refractivity contribution is -0.127. The first kappa shape index (κ1) is 26.7. The number of nitrogens with one attached hydrogen (secondary N) is 1. The number of hydrogen-bond acceptors (Lipinski definition) is 7. The smallest absolute Gasteiger partial charge is 0.248 e. The fourth-order valence-corrected chi connectivity index (χ4v) is 5.93. The summed E-state index contributed by atoms with van der Waals surface area (Å²) in [5, 5.41) is 5.11. The van der Waals surface area contributed by atoms with E-state index in [0.717, 1.165) is 37.0 Å². The molecule has 204 valence electrons. The van der Waals surface area contributed by atoms with Gasteiger partial charge in [0, 0.05) is 22.5 Å². The molecule has 2 aliphatic rings. The van der Waals surface area contributed by atoms with Crippen molar-refractivity contribution in [3.63, 3.8) is 0 Å². The summed E-state index contributed by atoms with van der Waals surface area (Å²) in [4.78, 5) is 43.6. The summed E-state index contributed by atoms with van der Waals surface area (Å²) >= 11 is 1.47. The molecule has 0 spiro atoms. The number of fused-ring (bicyclic) bond motifs is 1. The maximum atomic E-state index is 14.2. The fourth-order valence-electron chi connectivity index (χ4n) is 5.23. The Morgan fingerprint density at radius 1 is 1.05 bits per heavy atom. The lowest BCUT2D eigenvalue weighted by atomic mass is 9.94. The molecule has 2 amide bonds. The molecule has 0 saturated heterocycles. The first-order valence-electron chi connectivity index (χ1n) is 13.2. The number of carbonyl (C=O) groups excluding carboxylic acids is 3. The van der Waals surface area contributed by atoms with Gasteiger partial charge in [0.15, 0.2) is 17.3 Å². The van der Waals surface area contributed by atoms with Crippen LogP contribution in [0.3, 0.4) is 0 Å². The molecule has 2 heterocycles. The number of Topliss-reactive ketones (excluding diaryl/α,β-unsaturated/α-hetero) is 1. The average molecular weight is 549 g/mol. The second kappa shape index (κ2) is 11.9. The summed E-state index contributed by atoms with van der Waals surface area (Å²) < 4.78 is 16.6. The first-order valence-corrected chi connectivity index (χ1v) is 14.1. The highest BCUT2D eigenvalue weighted by Crippen LogP contribution is 2.42. The van der Waals surface area contributed by atoms with Gasteiger partial charge in [0.2, 0.25) is 18.6 Å². The monoisotopic (exact) mass is 548 g/mol. The highest BCUT2D eigenvalue weighted by molar-refractivity contribution is 7.10. The highest BCUT2D eigenvalue weighted by atomic mass is 32.1. The second-order valence-corrected chi connectivity index (χ2v) is 10.9. The Balaban J connectivity index is 1.66. The maximum absolute atomic E-state index is 14.2. The number of anilines is 1. The van der Waals surface area contributed by atoms with E-state index in [1.807, 2.05) is 17.5 Å². The minimum absolute atomic E-state index is 0.0146. The third kappa shape index (κ3) is 5.93. The van der Waals surface area contributed by atoms with E-state index < -0.39 is 6.04 Å². The molecule has 1 atom stereocenters. The molecular formula is C30H32N2O6S. The van der Waals surface area contributed by atoms with E-state index in [0.29, 0.717) is 28.5 Å². The predicted octanol–water partition coefficient (Wildman–Crippen LogP) is 5.45. The first-order chi connectivity index (χ1) is 18.9. The molecule has 9 heteroatoms. The van der Waals surface area contributed by atoms with Gasteiger partial charge in [-0.2, -0.15) is 0 Å². The molecule has 1 aliphatic carbocycles. The lowest BCUT2D eigenvalue weighted by Crippen LogP contribution is -2.48. The van der Waals surface area contributed by atoms with Crippen LogP contribution >= 0.6 is 11.3 Å². The molecule has 0 radical (unpaired) electrons. The van der Waals surface area contributed by atoms with Gasteiger partial charge in [0.05, 0.1) is 19.2 Å². The number of benzene rings is 2. The molecule has 1 aliphatic heterocycles. The minimum atomic E-state index is -1.05. The van der Waals surface area contributed by atoms with Crippen molar-refractivity contribution < 1.29 is 28.6 Å². The number of rotatable bonds is 9. The topological polar surface area (TPSA) is 94.2 Å². The Kier molecular flexibility index (Phi) is 8.16. The van der Waals surface area contributed by atoms with Gasteiger partial charge >= 0.3 is 0 Å². The molecular weight excluding hydrogens is 516 g/mol. The number of thiophene rings is 1. The number of ether oxygens (including phenoxy) is 3. The maximum Gasteiger partial charge on any atom is 0.248 e. The second-order valence-electron chi connectivity index (χ2n) is 9.82. The van der Waals surface area contributed by atoms with Crippen LogP contribution in [-0.4, -0.2) is 37.5 Å². The summed E-state index contributed by atoms with van der Waals surface area (Å²) in [5.74, 6) is 0.535. The van der Waals surface area contributed by atoms with E-state index >= 15 is 0 Å². The van der Waals surface area contributed by atoms with Gasteiger partial charge in [-0.1, -0.05) is 37.5 Å². The van der Waals surface area contributed by atoms with Gasteiger partial charge in [-0.05, 0) is 55.0 Å². The summed E-state index contributed by atoms with van der Waals surface area (Å²) in [6, 6.07) is 13.1. The van der Waals surface area contributed by atoms with Crippen LogP contribution in [0.5, 0.6) is 17.2 Å². The molecule has 0 bridgehead atoms. The van der Waals surface area contributed by atoms with Crippen LogP contribution in [-0.2, 0) is 16.0 Å². The van der Waals surface area contributed by atoms with Gasteiger partial charge in [-0.25, -0.2) is 0 Å². The SMILES string of the molecule is COc1cccc([C@@H](C(=O)NC2CCCCC2)N(C(=O)Cc2cccs2)c2cc3c(cc2C(C)=O)OCO3)c1. The van der Waals surface area contributed by atoms with Crippen molar-refractivity contribution in [1.82, 2.24) is 5.32 Å². The van der Waals surface area contributed by atoms with Gasteiger partial charge in [0.25, 0.3) is 0 Å². The van der Waals surface area contributed by atoms with Crippen LogP contribution in [0.1, 0.15) is 65.9 Å². The van der Waals surface area contributed by atoms with Crippen LogP contribution < -0.4 is 24.4 Å². The van der Waals surface area contributed by atoms with Gasteiger partial charge in [0.1, 0.15) is 11.8 Å². The largest absolute Gasteiger partial charge is 0.497 e. The van der Waals surface area contributed by atoms with Crippen LogP contribution in [0.25, 0.3) is 0 Å². The third-order valence-corrected chi connectivity index (χ3v) is 8.05. The van der Waals surface area contributed by atoms with Gasteiger partial charge in [-0.3, -0.25) is 19.3 Å². The van der Waals surface area contributed by atoms with Crippen molar-refractivity contribution in [2.45, 2.75) is 57.5 Å². The fraction of sp³-hybridized carbons (Fsp3) is 0.367. The zero-order valence-electron chi connectivity index (χ0n) is 22.1. The van der Waals surface area contributed by atoms with E-state index in [-0.39, 0.29) is 42.4 Å². The number of nitrogens with zero attached hydrogens (tertiary/aromatic N) is 1. The number of hydrogen-bond donors (Lipinski definition) is 1. The van der Waals surface area contributed by atoms with Crippen molar-refractivity contribution in [3.05, 3.63) is 69.9 Å². The van der Waals surface area contributed by atoms with E-state index in [9.17, 15) is 14.4 Å². The Morgan fingerprint density at radius 3 is 2.51 bits per heavy atom. The Bertz CT molecular complexity index is 1350. The van der Waals surface area contributed by atoms with Gasteiger partial charge in [-0.15, -0.1) is 11.3 Å². The van der Waals surface area contributed by atoms with E-state index in [2.05, 4.69) is 5.32 Å². The minimum Gasteiger partial charge on any atom is -0.497 e. The number of amides is 2. The predicted molar refractivity (Wildman–Crippen MR) is 149 cm³/mol. The standard InChI is InChI=1S/C30H32N2O6S/c1-19(33)24-16-26-27(38-18-37-26)17-25(24)32(28(34)15-23-12-7-13-39-23)29(20-8-6-11-22(14-20)36-2)30(35)31-21-9-4-3-5-10-21/h6-8,11-14,16-17,21,29H,3-5,9-10,15,18H2,1-2H3,(H,31,35)/t29-/m0/s1. The molecule has 1 aromatic heterocycles. The van der Waals surface area contributed by atoms with Crippen LogP contribution in [0.4, 0.5) is 5.69 Å². The number of ketones is 1. The Labute approximate surface area is 231 Å². The number of methoxy groups -OCH3 is 1.